The van der Waals surface area contributed by atoms with Crippen LogP contribution in [0.15, 0.2) is 18.2 Å². The number of hydrogen-bond donors (Lipinski definition) is 3. The minimum atomic E-state index is -5.08. The van der Waals surface area contributed by atoms with Crippen molar-refractivity contribution < 1.29 is 37.4 Å². The van der Waals surface area contributed by atoms with Crippen LogP contribution < -0.4 is 5.32 Å². The Kier molecular flexibility index (Phi) is 6.49. The molecule has 0 aromatic heterocycles. The van der Waals surface area contributed by atoms with Crippen LogP contribution in [0.1, 0.15) is 30.0 Å². The maximum Gasteiger partial charge on any atom is 0.490 e. The molecule has 0 fully saturated rings. The van der Waals surface area contributed by atoms with Gasteiger partial charge in [0.2, 0.25) is 0 Å². The molecule has 1 aromatic rings. The van der Waals surface area contributed by atoms with Crippen molar-refractivity contribution >= 4 is 11.9 Å². The molecule has 0 bridgehead atoms. The smallest absolute Gasteiger partial charge is 0.481 e. The minimum absolute atomic E-state index is 0.0984. The molecule has 2 rings (SSSR count). The number of rotatable bonds is 4. The van der Waals surface area contributed by atoms with E-state index < -0.39 is 18.1 Å². The molecular weight excluding hydrogens is 322 g/mol. The number of benzene rings is 1. The first-order chi connectivity index (χ1) is 10.6. The van der Waals surface area contributed by atoms with Crippen LogP contribution in [0.2, 0.25) is 0 Å². The highest BCUT2D eigenvalue weighted by atomic mass is 19.4. The van der Waals surface area contributed by atoms with Gasteiger partial charge in [0, 0.05) is 12.6 Å². The number of carbonyl (C=O) groups is 2. The van der Waals surface area contributed by atoms with Crippen molar-refractivity contribution in [2.45, 2.75) is 31.5 Å². The summed E-state index contributed by atoms with van der Waals surface area (Å²) in [6.07, 6.45) is -3.41. The van der Waals surface area contributed by atoms with E-state index in [-0.39, 0.29) is 18.3 Å². The van der Waals surface area contributed by atoms with Gasteiger partial charge in [-0.15, -0.1) is 0 Å². The quantitative estimate of drug-likeness (QED) is 0.735. The van der Waals surface area contributed by atoms with E-state index in [1.807, 2.05) is 6.07 Å². The fourth-order valence-corrected chi connectivity index (χ4v) is 2.18. The van der Waals surface area contributed by atoms with Gasteiger partial charge in [-0.3, -0.25) is 4.79 Å². The lowest BCUT2D eigenvalue weighted by Gasteiger charge is -2.12. The van der Waals surface area contributed by atoms with E-state index in [4.69, 9.17) is 15.0 Å². The number of alkyl halides is 3. The van der Waals surface area contributed by atoms with Crippen LogP contribution in [0.3, 0.4) is 0 Å². The number of aliphatic carboxylic acids is 2. The van der Waals surface area contributed by atoms with Crippen molar-refractivity contribution in [3.63, 3.8) is 0 Å². The van der Waals surface area contributed by atoms with Gasteiger partial charge in [-0.2, -0.15) is 13.2 Å². The van der Waals surface area contributed by atoms with Crippen molar-refractivity contribution in [1.82, 2.24) is 5.32 Å². The highest BCUT2D eigenvalue weighted by molar-refractivity contribution is 5.73. The summed E-state index contributed by atoms with van der Waals surface area (Å²) < 4.78 is 45.1. The van der Waals surface area contributed by atoms with E-state index in [0.717, 1.165) is 24.0 Å². The summed E-state index contributed by atoms with van der Waals surface area (Å²) >= 11 is 0. The molecule has 5 nitrogen and oxygen atoms in total. The third-order valence-electron chi connectivity index (χ3n) is 3.19. The first-order valence-electron chi connectivity index (χ1n) is 6.65. The van der Waals surface area contributed by atoms with Crippen LogP contribution in [0.25, 0.3) is 0 Å². The van der Waals surface area contributed by atoms with Crippen molar-refractivity contribution in [2.24, 2.45) is 0 Å². The summed E-state index contributed by atoms with van der Waals surface area (Å²) in [5.41, 5.74) is 1.75. The molecule has 0 radical (unpaired) electrons. The molecule has 23 heavy (non-hydrogen) atoms. The van der Waals surface area contributed by atoms with E-state index in [1.165, 1.54) is 6.07 Å². The van der Waals surface area contributed by atoms with Crippen LogP contribution in [-0.4, -0.2) is 34.9 Å². The second kappa shape index (κ2) is 7.91. The number of nitrogens with one attached hydrogen (secondary N) is 1. The Labute approximate surface area is 128 Å². The molecule has 0 saturated heterocycles. The largest absolute Gasteiger partial charge is 0.490 e. The number of hydrogen-bond acceptors (Lipinski definition) is 3. The molecule has 1 aliphatic carbocycles. The number of halogens is 4. The molecule has 1 atom stereocenters. The molecule has 0 heterocycles. The Bertz CT molecular complexity index is 574. The van der Waals surface area contributed by atoms with E-state index in [9.17, 15) is 22.4 Å². The zero-order valence-corrected chi connectivity index (χ0v) is 11.9. The van der Waals surface area contributed by atoms with E-state index in [0.29, 0.717) is 6.54 Å². The maximum absolute atomic E-state index is 13.4. The van der Waals surface area contributed by atoms with Crippen LogP contribution in [0.4, 0.5) is 17.6 Å². The van der Waals surface area contributed by atoms with Crippen LogP contribution in [0, 0.1) is 5.82 Å². The summed E-state index contributed by atoms with van der Waals surface area (Å²) in [4.78, 5) is 19.3. The van der Waals surface area contributed by atoms with E-state index >= 15 is 0 Å². The zero-order valence-electron chi connectivity index (χ0n) is 11.9. The second-order valence-corrected chi connectivity index (χ2v) is 4.80. The van der Waals surface area contributed by atoms with E-state index in [2.05, 4.69) is 5.32 Å². The van der Waals surface area contributed by atoms with Gasteiger partial charge in [0.05, 0.1) is 6.42 Å². The lowest BCUT2D eigenvalue weighted by Crippen LogP contribution is -2.22. The lowest BCUT2D eigenvalue weighted by molar-refractivity contribution is -0.192. The predicted molar refractivity (Wildman–Crippen MR) is 71.4 cm³/mol. The Balaban J connectivity index is 0.000000322. The maximum atomic E-state index is 13.4. The Morgan fingerprint density at radius 2 is 1.87 bits per heavy atom. The van der Waals surface area contributed by atoms with Gasteiger partial charge in [0.1, 0.15) is 5.82 Å². The Morgan fingerprint density at radius 1 is 1.26 bits per heavy atom. The molecule has 0 saturated carbocycles. The van der Waals surface area contributed by atoms with Gasteiger partial charge in [0.15, 0.2) is 0 Å². The lowest BCUT2D eigenvalue weighted by atomic mass is 10.1. The third kappa shape index (κ3) is 5.85. The first kappa shape index (κ1) is 18.9. The number of carboxylic acids is 2. The van der Waals surface area contributed by atoms with Gasteiger partial charge < -0.3 is 15.5 Å². The van der Waals surface area contributed by atoms with Gasteiger partial charge in [-0.05, 0) is 30.0 Å². The number of fused-ring (bicyclic) bond motifs is 1. The number of carboxylic acid groups (broad SMARTS) is 2. The molecule has 1 aromatic carbocycles. The predicted octanol–water partition coefficient (Wildman–Crippen LogP) is 2.51. The van der Waals surface area contributed by atoms with Crippen molar-refractivity contribution in [3.05, 3.63) is 35.1 Å². The summed E-state index contributed by atoms with van der Waals surface area (Å²) in [7, 11) is 0. The SMILES string of the molecule is O=C(O)C(F)(F)F.O=C(O)CCN[C@H]1CCc2c(F)cccc21. The topological polar surface area (TPSA) is 86.6 Å². The molecular formula is C14H15F4NO4. The highest BCUT2D eigenvalue weighted by Gasteiger charge is 2.38. The molecule has 0 amide bonds. The Morgan fingerprint density at radius 3 is 2.39 bits per heavy atom. The van der Waals surface area contributed by atoms with Crippen LogP contribution >= 0.6 is 0 Å². The summed E-state index contributed by atoms with van der Waals surface area (Å²) in [5, 5.41) is 18.8. The average molecular weight is 337 g/mol. The van der Waals surface area contributed by atoms with Crippen molar-refractivity contribution in [3.8, 4) is 0 Å². The normalized spacial score (nSPS) is 16.3. The Hall–Kier alpha value is -2.16. The summed E-state index contributed by atoms with van der Waals surface area (Å²) in [6, 6.07) is 5.18. The molecule has 9 heteroatoms. The molecule has 0 spiro atoms. The van der Waals surface area contributed by atoms with Crippen molar-refractivity contribution in [2.75, 3.05) is 6.54 Å². The standard InChI is InChI=1S/C12H14FNO2.C2HF3O2/c13-10-3-1-2-9-8(10)4-5-11(9)14-7-6-12(15)16;3-2(4,5)1(6)7/h1-3,11,14H,4-7H2,(H,15,16);(H,6,7)/t11-;/m0./s1. The second-order valence-electron chi connectivity index (χ2n) is 4.80. The van der Waals surface area contributed by atoms with Gasteiger partial charge in [-0.1, -0.05) is 12.1 Å². The minimum Gasteiger partial charge on any atom is -0.481 e. The monoisotopic (exact) mass is 337 g/mol. The molecule has 0 aliphatic heterocycles. The molecule has 128 valence electrons. The van der Waals surface area contributed by atoms with E-state index in [1.54, 1.807) is 6.07 Å². The molecule has 3 N–H and O–H groups in total. The summed E-state index contributed by atoms with van der Waals surface area (Å²) in [6.45, 7) is 0.427. The third-order valence-corrected chi connectivity index (χ3v) is 3.19. The van der Waals surface area contributed by atoms with Gasteiger partial charge >= 0.3 is 18.1 Å². The highest BCUT2D eigenvalue weighted by Crippen LogP contribution is 2.32. The van der Waals surface area contributed by atoms with Crippen LogP contribution in [-0.2, 0) is 16.0 Å². The first-order valence-corrected chi connectivity index (χ1v) is 6.65. The molecule has 0 unspecified atom stereocenters. The average Bonchev–Trinajstić information content (AvgIpc) is 2.83. The van der Waals surface area contributed by atoms with Crippen molar-refractivity contribution in [1.29, 1.82) is 0 Å². The molecule has 1 aliphatic rings. The van der Waals surface area contributed by atoms with Gasteiger partial charge in [-0.25, -0.2) is 9.18 Å². The fourth-order valence-electron chi connectivity index (χ4n) is 2.18. The van der Waals surface area contributed by atoms with Gasteiger partial charge in [0.25, 0.3) is 0 Å². The van der Waals surface area contributed by atoms with Crippen LogP contribution in [0.5, 0.6) is 0 Å². The zero-order chi connectivity index (χ0) is 17.6. The fraction of sp³-hybridized carbons (Fsp3) is 0.429. The summed E-state index contributed by atoms with van der Waals surface area (Å²) in [5.74, 6) is -3.72.